The Bertz CT molecular complexity index is 331. The van der Waals surface area contributed by atoms with E-state index in [9.17, 15) is 0 Å². The molecule has 0 aromatic heterocycles. The zero-order chi connectivity index (χ0) is 11.3. The smallest absolute Gasteiger partial charge is 0.134 e. The Labute approximate surface area is 106 Å². The first-order chi connectivity index (χ1) is 7.19. The third-order valence-electron chi connectivity index (χ3n) is 1.81. The van der Waals surface area contributed by atoms with Crippen LogP contribution >= 0.6 is 31.9 Å². The monoisotopic (exact) mass is 337 g/mol. The molecule has 3 nitrogen and oxygen atoms in total. The summed E-state index contributed by atoms with van der Waals surface area (Å²) >= 11 is 6.82. The van der Waals surface area contributed by atoms with E-state index >= 15 is 0 Å². The Morgan fingerprint density at radius 3 is 2.40 bits per heavy atom. The lowest BCUT2D eigenvalue weighted by Crippen LogP contribution is -2.06. The molecule has 0 amide bonds. The second-order valence-corrected chi connectivity index (χ2v) is 4.62. The first-order valence-electron chi connectivity index (χ1n) is 4.55. The van der Waals surface area contributed by atoms with Gasteiger partial charge in [-0.15, -0.1) is 0 Å². The number of halogens is 2. The van der Waals surface area contributed by atoms with Crippen LogP contribution in [0.3, 0.4) is 0 Å². The Morgan fingerprint density at radius 2 is 1.80 bits per heavy atom. The number of benzene rings is 1. The molecule has 0 atom stereocenters. The third-order valence-corrected chi connectivity index (χ3v) is 3.05. The van der Waals surface area contributed by atoms with Gasteiger partial charge < -0.3 is 15.2 Å². The fourth-order valence-electron chi connectivity index (χ4n) is 1.04. The molecule has 5 heteroatoms. The average molecular weight is 339 g/mol. The molecule has 15 heavy (non-hydrogen) atoms. The molecule has 0 fully saturated rings. The van der Waals surface area contributed by atoms with Crippen LogP contribution in [0.25, 0.3) is 0 Å². The summed E-state index contributed by atoms with van der Waals surface area (Å²) in [7, 11) is 1.63. The zero-order valence-electron chi connectivity index (χ0n) is 8.43. The average Bonchev–Trinajstić information content (AvgIpc) is 2.23. The van der Waals surface area contributed by atoms with Gasteiger partial charge in [-0.1, -0.05) is 0 Å². The maximum atomic E-state index is 5.55. The van der Waals surface area contributed by atoms with Crippen LogP contribution in [0.2, 0.25) is 0 Å². The highest BCUT2D eigenvalue weighted by Crippen LogP contribution is 2.35. The molecular weight excluding hydrogens is 326 g/mol. The van der Waals surface area contributed by atoms with E-state index in [1.165, 1.54) is 0 Å². The summed E-state index contributed by atoms with van der Waals surface area (Å²) in [4.78, 5) is 0. The van der Waals surface area contributed by atoms with Crippen molar-refractivity contribution in [3.8, 4) is 11.5 Å². The number of ether oxygens (including phenoxy) is 2. The first-order valence-corrected chi connectivity index (χ1v) is 6.13. The topological polar surface area (TPSA) is 44.5 Å². The highest BCUT2D eigenvalue weighted by Gasteiger charge is 2.07. The summed E-state index contributed by atoms with van der Waals surface area (Å²) in [6, 6.07) is 3.74. The number of hydrogen-bond donors (Lipinski definition) is 1. The molecule has 2 N–H and O–H groups in total. The maximum Gasteiger partial charge on any atom is 0.134 e. The molecule has 1 rings (SSSR count). The number of methoxy groups -OCH3 is 1. The van der Waals surface area contributed by atoms with Crippen molar-refractivity contribution in [3.63, 3.8) is 0 Å². The van der Waals surface area contributed by atoms with Crippen molar-refractivity contribution in [3.05, 3.63) is 21.1 Å². The fraction of sp³-hybridized carbons (Fsp3) is 0.400. The van der Waals surface area contributed by atoms with Crippen LogP contribution in [-0.4, -0.2) is 20.3 Å². The highest BCUT2D eigenvalue weighted by atomic mass is 79.9. The van der Waals surface area contributed by atoms with Gasteiger partial charge >= 0.3 is 0 Å². The van der Waals surface area contributed by atoms with Crippen molar-refractivity contribution in [1.29, 1.82) is 0 Å². The molecule has 0 aliphatic heterocycles. The standard InChI is InChI=1S/C10H13Br2NO2/c1-14-9-5-8(12)10(6-7(9)11)15-4-2-3-13/h5-6H,2-4,13H2,1H3. The van der Waals surface area contributed by atoms with Gasteiger partial charge in [0, 0.05) is 0 Å². The summed E-state index contributed by atoms with van der Waals surface area (Å²) < 4.78 is 12.4. The molecule has 0 aliphatic rings. The molecule has 0 unspecified atom stereocenters. The molecular formula is C10H13Br2NO2. The van der Waals surface area contributed by atoms with Crippen LogP contribution in [0.15, 0.2) is 21.1 Å². The van der Waals surface area contributed by atoms with E-state index in [4.69, 9.17) is 15.2 Å². The van der Waals surface area contributed by atoms with Crippen LogP contribution < -0.4 is 15.2 Å². The lowest BCUT2D eigenvalue weighted by atomic mass is 10.3. The number of hydrogen-bond acceptors (Lipinski definition) is 3. The largest absolute Gasteiger partial charge is 0.496 e. The Balaban J connectivity index is 2.76. The van der Waals surface area contributed by atoms with E-state index in [1.807, 2.05) is 12.1 Å². The van der Waals surface area contributed by atoms with Crippen molar-refractivity contribution < 1.29 is 9.47 Å². The molecule has 0 radical (unpaired) electrons. The van der Waals surface area contributed by atoms with Crippen LogP contribution in [0.1, 0.15) is 6.42 Å². The number of rotatable bonds is 5. The predicted molar refractivity (Wildman–Crippen MR) is 67.6 cm³/mol. The lowest BCUT2D eigenvalue weighted by molar-refractivity contribution is 0.310. The van der Waals surface area contributed by atoms with Crippen molar-refractivity contribution in [1.82, 2.24) is 0 Å². The summed E-state index contributed by atoms with van der Waals surface area (Å²) in [6.07, 6.45) is 0.843. The minimum absolute atomic E-state index is 0.619. The second kappa shape index (κ2) is 6.35. The van der Waals surface area contributed by atoms with Gasteiger partial charge in [0.15, 0.2) is 0 Å². The Kier molecular flexibility index (Phi) is 5.42. The third kappa shape index (κ3) is 3.66. The Hall–Kier alpha value is -0.260. The molecule has 0 saturated heterocycles. The van der Waals surface area contributed by atoms with E-state index in [0.717, 1.165) is 26.9 Å². The summed E-state index contributed by atoms with van der Waals surface area (Å²) in [6.45, 7) is 1.25. The molecule has 0 aliphatic carbocycles. The van der Waals surface area contributed by atoms with Crippen LogP contribution in [0, 0.1) is 0 Å². The van der Waals surface area contributed by atoms with Gasteiger partial charge in [-0.3, -0.25) is 0 Å². The molecule has 1 aromatic carbocycles. The van der Waals surface area contributed by atoms with Crippen LogP contribution in [0.5, 0.6) is 11.5 Å². The van der Waals surface area contributed by atoms with Gasteiger partial charge in [-0.05, 0) is 57.0 Å². The van der Waals surface area contributed by atoms with Crippen LogP contribution in [0.4, 0.5) is 0 Å². The SMILES string of the molecule is COc1cc(Br)c(OCCCN)cc1Br. The van der Waals surface area contributed by atoms with E-state index in [2.05, 4.69) is 31.9 Å². The van der Waals surface area contributed by atoms with Gasteiger partial charge in [0.2, 0.25) is 0 Å². The fourth-order valence-corrected chi connectivity index (χ4v) is 1.96. The van der Waals surface area contributed by atoms with Crippen molar-refractivity contribution in [2.24, 2.45) is 5.73 Å². The molecule has 84 valence electrons. The summed E-state index contributed by atoms with van der Waals surface area (Å²) in [5.41, 5.74) is 5.39. The van der Waals surface area contributed by atoms with E-state index in [-0.39, 0.29) is 0 Å². The Morgan fingerprint density at radius 1 is 1.20 bits per heavy atom. The lowest BCUT2D eigenvalue weighted by Gasteiger charge is -2.10. The second-order valence-electron chi connectivity index (χ2n) is 2.91. The molecule has 0 bridgehead atoms. The maximum absolute atomic E-state index is 5.55. The van der Waals surface area contributed by atoms with Gasteiger partial charge in [0.25, 0.3) is 0 Å². The summed E-state index contributed by atoms with van der Waals surface area (Å²) in [5.74, 6) is 1.56. The van der Waals surface area contributed by atoms with Gasteiger partial charge in [-0.25, -0.2) is 0 Å². The minimum atomic E-state index is 0.619. The minimum Gasteiger partial charge on any atom is -0.496 e. The van der Waals surface area contributed by atoms with E-state index in [0.29, 0.717) is 13.2 Å². The van der Waals surface area contributed by atoms with Crippen molar-refractivity contribution in [2.45, 2.75) is 6.42 Å². The molecule has 0 spiro atoms. The first kappa shape index (κ1) is 12.8. The van der Waals surface area contributed by atoms with Gasteiger partial charge in [-0.2, -0.15) is 0 Å². The van der Waals surface area contributed by atoms with Gasteiger partial charge in [0.1, 0.15) is 11.5 Å². The van der Waals surface area contributed by atoms with Crippen molar-refractivity contribution >= 4 is 31.9 Å². The van der Waals surface area contributed by atoms with Crippen LogP contribution in [-0.2, 0) is 0 Å². The van der Waals surface area contributed by atoms with Gasteiger partial charge in [0.05, 0.1) is 22.7 Å². The normalized spacial score (nSPS) is 10.1. The van der Waals surface area contributed by atoms with E-state index < -0.39 is 0 Å². The zero-order valence-corrected chi connectivity index (χ0v) is 11.6. The molecule has 1 aromatic rings. The predicted octanol–water partition coefficient (Wildman–Crippen LogP) is 2.95. The van der Waals surface area contributed by atoms with E-state index in [1.54, 1.807) is 7.11 Å². The summed E-state index contributed by atoms with van der Waals surface area (Å²) in [5, 5.41) is 0. The quantitative estimate of drug-likeness (QED) is 0.839. The molecule has 0 heterocycles. The highest BCUT2D eigenvalue weighted by molar-refractivity contribution is 9.11. The van der Waals surface area contributed by atoms with Crippen molar-refractivity contribution in [2.75, 3.05) is 20.3 Å². The number of nitrogens with two attached hydrogens (primary N) is 1. The molecule has 0 saturated carbocycles.